The van der Waals surface area contributed by atoms with Crippen molar-refractivity contribution < 1.29 is 0 Å². The Labute approximate surface area is 128 Å². The summed E-state index contributed by atoms with van der Waals surface area (Å²) >= 11 is 1.77. The Bertz CT molecular complexity index is 576. The van der Waals surface area contributed by atoms with Crippen molar-refractivity contribution in [3.05, 3.63) is 40.1 Å². The largest absolute Gasteiger partial charge is 0.370 e. The van der Waals surface area contributed by atoms with Crippen molar-refractivity contribution >= 4 is 17.3 Å². The molecular weight excluding hydrogens is 282 g/mol. The highest BCUT2D eigenvalue weighted by molar-refractivity contribution is 7.09. The molecule has 5 nitrogen and oxygen atoms in total. The van der Waals surface area contributed by atoms with Gasteiger partial charge in [0.05, 0.1) is 12.2 Å². The summed E-state index contributed by atoms with van der Waals surface area (Å²) in [5.41, 5.74) is 6.90. The van der Waals surface area contributed by atoms with Crippen molar-refractivity contribution in [2.75, 3.05) is 6.54 Å². The topological polar surface area (TPSA) is 68.2 Å². The summed E-state index contributed by atoms with van der Waals surface area (Å²) in [6.07, 6.45) is 6.66. The van der Waals surface area contributed by atoms with E-state index in [-0.39, 0.29) is 0 Å². The maximum atomic E-state index is 5.89. The van der Waals surface area contributed by atoms with E-state index in [9.17, 15) is 0 Å². The van der Waals surface area contributed by atoms with Gasteiger partial charge in [0.1, 0.15) is 5.82 Å². The number of imidazole rings is 1. The molecule has 0 radical (unpaired) electrons. The van der Waals surface area contributed by atoms with Crippen molar-refractivity contribution in [1.82, 2.24) is 14.9 Å². The van der Waals surface area contributed by atoms with Gasteiger partial charge in [-0.2, -0.15) is 0 Å². The van der Waals surface area contributed by atoms with Crippen molar-refractivity contribution in [3.63, 3.8) is 0 Å². The van der Waals surface area contributed by atoms with Crippen LogP contribution in [0.15, 0.2) is 28.7 Å². The Morgan fingerprint density at radius 2 is 2.43 bits per heavy atom. The number of rotatable bonds is 5. The highest BCUT2D eigenvalue weighted by atomic mass is 32.1. The third kappa shape index (κ3) is 3.85. The lowest BCUT2D eigenvalue weighted by Gasteiger charge is -2.11. The molecule has 0 fully saturated rings. The predicted molar refractivity (Wildman–Crippen MR) is 86.5 cm³/mol. The highest BCUT2D eigenvalue weighted by Crippen LogP contribution is 2.14. The molecule has 0 atom stereocenters. The first-order chi connectivity index (χ1) is 10.3. The molecular formula is C15H21N5S. The molecule has 1 aliphatic heterocycles. The molecule has 3 heterocycles. The summed E-state index contributed by atoms with van der Waals surface area (Å²) in [5, 5.41) is 5.24. The van der Waals surface area contributed by atoms with E-state index in [1.54, 1.807) is 11.3 Å². The van der Waals surface area contributed by atoms with Gasteiger partial charge in [-0.25, -0.2) is 9.98 Å². The van der Waals surface area contributed by atoms with Crippen LogP contribution >= 0.6 is 11.3 Å². The van der Waals surface area contributed by atoms with E-state index in [1.165, 1.54) is 23.5 Å². The van der Waals surface area contributed by atoms with E-state index in [0.717, 1.165) is 31.6 Å². The monoisotopic (exact) mass is 303 g/mol. The number of nitrogens with one attached hydrogen (secondary N) is 1. The molecule has 3 rings (SSSR count). The minimum atomic E-state index is 0.498. The molecule has 0 amide bonds. The van der Waals surface area contributed by atoms with Crippen LogP contribution in [-0.4, -0.2) is 22.1 Å². The minimum Gasteiger partial charge on any atom is -0.370 e. The molecule has 0 unspecified atom stereocenters. The molecule has 0 aromatic carbocycles. The second-order valence-corrected chi connectivity index (χ2v) is 6.29. The second-order valence-electron chi connectivity index (χ2n) is 5.26. The molecule has 2 aromatic heterocycles. The maximum absolute atomic E-state index is 5.89. The number of nitrogens with zero attached hydrogens (tertiary/aromatic N) is 3. The predicted octanol–water partition coefficient (Wildman–Crippen LogP) is 1.93. The number of nitrogens with two attached hydrogens (primary N) is 1. The molecule has 6 heteroatoms. The van der Waals surface area contributed by atoms with Crippen LogP contribution < -0.4 is 11.1 Å². The molecule has 1 aliphatic rings. The fraction of sp³-hybridized carbons (Fsp3) is 0.467. The van der Waals surface area contributed by atoms with Crippen molar-refractivity contribution in [2.24, 2.45) is 10.7 Å². The van der Waals surface area contributed by atoms with E-state index < -0.39 is 0 Å². The first kappa shape index (κ1) is 14.1. The maximum Gasteiger partial charge on any atom is 0.188 e. The van der Waals surface area contributed by atoms with Gasteiger partial charge in [-0.1, -0.05) is 6.07 Å². The number of aliphatic imine (C=N–C) groups is 1. The van der Waals surface area contributed by atoms with E-state index in [1.807, 2.05) is 0 Å². The number of aryl methyl sites for hydroxylation is 2. The van der Waals surface area contributed by atoms with Gasteiger partial charge >= 0.3 is 0 Å². The van der Waals surface area contributed by atoms with E-state index >= 15 is 0 Å². The Hall–Kier alpha value is -1.82. The fourth-order valence-corrected chi connectivity index (χ4v) is 3.25. The molecule has 2 aromatic rings. The zero-order valence-corrected chi connectivity index (χ0v) is 12.9. The fourth-order valence-electron chi connectivity index (χ4n) is 2.54. The van der Waals surface area contributed by atoms with Crippen LogP contribution in [0.4, 0.5) is 0 Å². The summed E-state index contributed by atoms with van der Waals surface area (Å²) < 4.78 is 2.24. The van der Waals surface area contributed by atoms with Crippen LogP contribution in [0.3, 0.4) is 0 Å². The molecule has 3 N–H and O–H groups in total. The standard InChI is InChI=1S/C15H21N5S/c16-15(17-7-6-13-4-3-9-21-13)18-10-12-11-20-8-2-1-5-14(20)19-12/h3-4,9,11H,1-2,5-8,10H2,(H3,16,17,18). The summed E-state index contributed by atoms with van der Waals surface area (Å²) in [4.78, 5) is 10.3. The average Bonchev–Trinajstić information content (AvgIpc) is 3.13. The van der Waals surface area contributed by atoms with Crippen molar-refractivity contribution in [3.8, 4) is 0 Å². The summed E-state index contributed by atoms with van der Waals surface area (Å²) in [6.45, 7) is 2.45. The third-order valence-electron chi connectivity index (χ3n) is 3.63. The molecule has 0 saturated carbocycles. The lowest BCUT2D eigenvalue weighted by molar-refractivity contribution is 0.522. The van der Waals surface area contributed by atoms with Gasteiger partial charge in [0.15, 0.2) is 5.96 Å². The Kier molecular flexibility index (Phi) is 4.55. The zero-order valence-electron chi connectivity index (χ0n) is 12.1. The third-order valence-corrected chi connectivity index (χ3v) is 4.56. The van der Waals surface area contributed by atoms with Crippen LogP contribution in [0.5, 0.6) is 0 Å². The Morgan fingerprint density at radius 1 is 1.48 bits per heavy atom. The molecule has 112 valence electrons. The van der Waals surface area contributed by atoms with Gasteiger partial charge in [-0.15, -0.1) is 11.3 Å². The average molecular weight is 303 g/mol. The smallest absolute Gasteiger partial charge is 0.188 e. The van der Waals surface area contributed by atoms with Crippen LogP contribution in [0.2, 0.25) is 0 Å². The minimum absolute atomic E-state index is 0.498. The number of aromatic nitrogens is 2. The number of hydrogen-bond donors (Lipinski definition) is 2. The number of thiophene rings is 1. The Balaban J connectivity index is 1.47. The SMILES string of the molecule is NC(=NCc1cn2c(n1)CCCC2)NCCc1cccs1. The van der Waals surface area contributed by atoms with Gasteiger partial charge in [0, 0.05) is 30.6 Å². The normalized spacial score (nSPS) is 15.0. The first-order valence-electron chi connectivity index (χ1n) is 7.42. The van der Waals surface area contributed by atoms with Gasteiger partial charge in [0.25, 0.3) is 0 Å². The Morgan fingerprint density at radius 3 is 3.24 bits per heavy atom. The number of hydrogen-bond acceptors (Lipinski definition) is 3. The lowest BCUT2D eigenvalue weighted by atomic mass is 10.2. The van der Waals surface area contributed by atoms with Gasteiger partial charge < -0.3 is 15.6 Å². The molecule has 0 saturated heterocycles. The van der Waals surface area contributed by atoms with Crippen LogP contribution in [0.1, 0.15) is 29.2 Å². The van der Waals surface area contributed by atoms with Gasteiger partial charge in [-0.05, 0) is 30.7 Å². The summed E-state index contributed by atoms with van der Waals surface area (Å²) in [6, 6.07) is 4.20. The summed E-state index contributed by atoms with van der Waals surface area (Å²) in [7, 11) is 0. The van der Waals surface area contributed by atoms with E-state index in [4.69, 9.17) is 5.73 Å². The highest BCUT2D eigenvalue weighted by Gasteiger charge is 2.11. The van der Waals surface area contributed by atoms with Gasteiger partial charge in [0.2, 0.25) is 0 Å². The molecule has 21 heavy (non-hydrogen) atoms. The van der Waals surface area contributed by atoms with Crippen LogP contribution in [-0.2, 0) is 25.9 Å². The van der Waals surface area contributed by atoms with E-state index in [0.29, 0.717) is 12.5 Å². The molecule has 0 bridgehead atoms. The van der Waals surface area contributed by atoms with Crippen LogP contribution in [0, 0.1) is 0 Å². The molecule has 0 aliphatic carbocycles. The zero-order chi connectivity index (χ0) is 14.5. The first-order valence-corrected chi connectivity index (χ1v) is 8.30. The summed E-state index contributed by atoms with van der Waals surface area (Å²) in [5.74, 6) is 1.69. The van der Waals surface area contributed by atoms with Crippen LogP contribution in [0.25, 0.3) is 0 Å². The van der Waals surface area contributed by atoms with Gasteiger partial charge in [-0.3, -0.25) is 0 Å². The molecule has 0 spiro atoms. The van der Waals surface area contributed by atoms with E-state index in [2.05, 4.69) is 43.6 Å². The number of guanidine groups is 1. The van der Waals surface area contributed by atoms with Crippen molar-refractivity contribution in [1.29, 1.82) is 0 Å². The second kappa shape index (κ2) is 6.76. The number of fused-ring (bicyclic) bond motifs is 1. The lowest BCUT2D eigenvalue weighted by Crippen LogP contribution is -2.33. The van der Waals surface area contributed by atoms with Crippen molar-refractivity contribution in [2.45, 2.75) is 38.8 Å². The quantitative estimate of drug-likeness (QED) is 0.655.